The first kappa shape index (κ1) is 24.5. The van der Waals surface area contributed by atoms with Crippen molar-refractivity contribution >= 4 is 23.2 Å². The first-order chi connectivity index (χ1) is 17.6. The minimum atomic E-state index is -0.287. The van der Waals surface area contributed by atoms with Crippen molar-refractivity contribution in [1.82, 2.24) is 9.78 Å². The van der Waals surface area contributed by atoms with E-state index in [-0.39, 0.29) is 11.8 Å². The summed E-state index contributed by atoms with van der Waals surface area (Å²) in [5.74, 6) is 0.291. The van der Waals surface area contributed by atoms with Crippen LogP contribution >= 0.6 is 0 Å². The summed E-state index contributed by atoms with van der Waals surface area (Å²) in [6.07, 6.45) is 3.62. The van der Waals surface area contributed by atoms with Crippen LogP contribution in [0.4, 0.5) is 11.4 Å². The van der Waals surface area contributed by atoms with Crippen molar-refractivity contribution in [3.05, 3.63) is 102 Å². The zero-order valence-electron chi connectivity index (χ0n) is 20.2. The van der Waals surface area contributed by atoms with Crippen LogP contribution in [0.5, 0.6) is 11.5 Å². The van der Waals surface area contributed by atoms with Crippen molar-refractivity contribution in [2.75, 3.05) is 23.8 Å². The Kier molecular flexibility index (Phi) is 7.97. The molecule has 0 spiro atoms. The van der Waals surface area contributed by atoms with E-state index in [0.29, 0.717) is 53.8 Å². The fourth-order valence-electron chi connectivity index (χ4n) is 3.63. The Balaban J connectivity index is 1.55. The zero-order valence-corrected chi connectivity index (χ0v) is 20.2. The van der Waals surface area contributed by atoms with Crippen molar-refractivity contribution in [3.63, 3.8) is 0 Å². The van der Waals surface area contributed by atoms with Crippen LogP contribution in [0.25, 0.3) is 0 Å². The minimum absolute atomic E-state index is 0.272. The van der Waals surface area contributed by atoms with E-state index < -0.39 is 0 Å². The Bertz CT molecular complexity index is 1300. The second kappa shape index (κ2) is 11.7. The molecule has 0 saturated heterocycles. The SMILES string of the molecule is CCOc1cc(NC(=O)c2ccc(Cn3cccn3)cc2)c(OCC)cc1NC(=O)c1ccccc1. The molecule has 2 N–H and O–H groups in total. The highest BCUT2D eigenvalue weighted by atomic mass is 16.5. The molecule has 0 aliphatic rings. The summed E-state index contributed by atoms with van der Waals surface area (Å²) in [6.45, 7) is 5.08. The second-order valence-corrected chi connectivity index (χ2v) is 7.89. The van der Waals surface area contributed by atoms with E-state index in [4.69, 9.17) is 9.47 Å². The quantitative estimate of drug-likeness (QED) is 0.321. The summed E-state index contributed by atoms with van der Waals surface area (Å²) >= 11 is 0. The number of amides is 2. The number of carbonyl (C=O) groups is 2. The summed E-state index contributed by atoms with van der Waals surface area (Å²) in [5, 5.41) is 10.00. The van der Waals surface area contributed by atoms with E-state index in [0.717, 1.165) is 5.56 Å². The van der Waals surface area contributed by atoms with Crippen LogP contribution in [0.1, 0.15) is 40.1 Å². The van der Waals surface area contributed by atoms with Gasteiger partial charge in [-0.15, -0.1) is 0 Å². The molecule has 0 aliphatic heterocycles. The molecule has 0 unspecified atom stereocenters. The molecule has 3 aromatic carbocycles. The zero-order chi connectivity index (χ0) is 25.3. The molecule has 8 heteroatoms. The van der Waals surface area contributed by atoms with Crippen molar-refractivity contribution < 1.29 is 19.1 Å². The van der Waals surface area contributed by atoms with Crippen LogP contribution in [0.3, 0.4) is 0 Å². The van der Waals surface area contributed by atoms with Crippen LogP contribution in [0, 0.1) is 0 Å². The van der Waals surface area contributed by atoms with E-state index in [1.165, 1.54) is 0 Å². The fraction of sp³-hybridized carbons (Fsp3) is 0.179. The third-order valence-corrected chi connectivity index (χ3v) is 5.33. The van der Waals surface area contributed by atoms with Crippen LogP contribution in [-0.4, -0.2) is 34.8 Å². The predicted molar refractivity (Wildman–Crippen MR) is 139 cm³/mol. The number of aromatic nitrogens is 2. The normalized spacial score (nSPS) is 10.5. The standard InChI is InChI=1S/C28H28N4O4/c1-3-35-25-18-24(26(36-4-2)17-23(25)30-27(33)21-9-6-5-7-10-21)31-28(34)22-13-11-20(12-14-22)19-32-16-8-15-29-32/h5-18H,3-4,19H2,1-2H3,(H,30,33)(H,31,34). The van der Waals surface area contributed by atoms with Crippen LogP contribution < -0.4 is 20.1 Å². The Morgan fingerprint density at radius 1 is 0.778 bits per heavy atom. The monoisotopic (exact) mass is 484 g/mol. The molecule has 1 aromatic heterocycles. The Hall–Kier alpha value is -4.59. The molecule has 4 rings (SSSR count). The summed E-state index contributed by atoms with van der Waals surface area (Å²) in [6, 6.07) is 21.4. The van der Waals surface area contributed by atoms with Crippen molar-refractivity contribution in [3.8, 4) is 11.5 Å². The molecule has 0 fully saturated rings. The number of rotatable bonds is 10. The van der Waals surface area contributed by atoms with Crippen molar-refractivity contribution in [2.24, 2.45) is 0 Å². The van der Waals surface area contributed by atoms with Gasteiger partial charge in [0.05, 0.1) is 31.1 Å². The van der Waals surface area contributed by atoms with Gasteiger partial charge in [-0.05, 0) is 49.7 Å². The summed E-state index contributed by atoms with van der Waals surface area (Å²) < 4.78 is 13.4. The first-order valence-electron chi connectivity index (χ1n) is 11.7. The van der Waals surface area contributed by atoms with Gasteiger partial charge in [-0.1, -0.05) is 30.3 Å². The van der Waals surface area contributed by atoms with E-state index in [2.05, 4.69) is 15.7 Å². The van der Waals surface area contributed by atoms with Gasteiger partial charge < -0.3 is 20.1 Å². The Morgan fingerprint density at radius 2 is 1.33 bits per heavy atom. The first-order valence-corrected chi connectivity index (χ1v) is 11.7. The summed E-state index contributed by atoms with van der Waals surface area (Å²) in [4.78, 5) is 25.8. The Labute approximate surface area is 209 Å². The molecule has 8 nitrogen and oxygen atoms in total. The van der Waals surface area contributed by atoms with Gasteiger partial charge in [0.15, 0.2) is 0 Å². The highest BCUT2D eigenvalue weighted by Gasteiger charge is 2.17. The van der Waals surface area contributed by atoms with Crippen LogP contribution in [0.2, 0.25) is 0 Å². The van der Waals surface area contributed by atoms with E-state index in [9.17, 15) is 9.59 Å². The van der Waals surface area contributed by atoms with Gasteiger partial charge in [0, 0.05) is 35.7 Å². The van der Waals surface area contributed by atoms with Gasteiger partial charge >= 0.3 is 0 Å². The number of hydrogen-bond acceptors (Lipinski definition) is 5. The van der Waals surface area contributed by atoms with Gasteiger partial charge in [0.2, 0.25) is 0 Å². The second-order valence-electron chi connectivity index (χ2n) is 7.89. The van der Waals surface area contributed by atoms with Crippen molar-refractivity contribution in [2.45, 2.75) is 20.4 Å². The molecule has 184 valence electrons. The Morgan fingerprint density at radius 3 is 1.83 bits per heavy atom. The molecule has 36 heavy (non-hydrogen) atoms. The number of benzene rings is 3. The van der Waals surface area contributed by atoms with Crippen LogP contribution in [0.15, 0.2) is 85.2 Å². The molecular formula is C28H28N4O4. The number of carbonyl (C=O) groups excluding carboxylic acids is 2. The number of nitrogens with one attached hydrogen (secondary N) is 2. The topological polar surface area (TPSA) is 94.5 Å². The highest BCUT2D eigenvalue weighted by molar-refractivity contribution is 6.07. The number of ether oxygens (including phenoxy) is 2. The molecule has 0 radical (unpaired) electrons. The number of hydrogen-bond donors (Lipinski definition) is 2. The molecular weight excluding hydrogens is 456 g/mol. The highest BCUT2D eigenvalue weighted by Crippen LogP contribution is 2.37. The van der Waals surface area contributed by atoms with Gasteiger partial charge in [-0.3, -0.25) is 14.3 Å². The number of anilines is 2. The van der Waals surface area contributed by atoms with E-state index in [1.54, 1.807) is 54.7 Å². The maximum Gasteiger partial charge on any atom is 0.255 e. The lowest BCUT2D eigenvalue weighted by atomic mass is 10.1. The van der Waals surface area contributed by atoms with E-state index in [1.807, 2.05) is 49.0 Å². The molecule has 2 amide bonds. The summed E-state index contributed by atoms with van der Waals surface area (Å²) in [7, 11) is 0. The molecule has 0 saturated carbocycles. The lowest BCUT2D eigenvalue weighted by Gasteiger charge is -2.18. The molecule has 1 heterocycles. The van der Waals surface area contributed by atoms with Crippen LogP contribution in [-0.2, 0) is 6.54 Å². The maximum atomic E-state index is 13.0. The average molecular weight is 485 g/mol. The van der Waals surface area contributed by atoms with Gasteiger partial charge in [-0.25, -0.2) is 0 Å². The lowest BCUT2D eigenvalue weighted by Crippen LogP contribution is -2.16. The third-order valence-electron chi connectivity index (χ3n) is 5.33. The minimum Gasteiger partial charge on any atom is -0.492 e. The molecule has 0 atom stereocenters. The van der Waals surface area contributed by atoms with Gasteiger partial charge in [0.1, 0.15) is 11.5 Å². The summed E-state index contributed by atoms with van der Waals surface area (Å²) in [5.41, 5.74) is 2.95. The van der Waals surface area contributed by atoms with Crippen molar-refractivity contribution in [1.29, 1.82) is 0 Å². The molecule has 0 aliphatic carbocycles. The molecule has 4 aromatic rings. The maximum absolute atomic E-state index is 13.0. The smallest absolute Gasteiger partial charge is 0.255 e. The average Bonchev–Trinajstić information content (AvgIpc) is 3.40. The van der Waals surface area contributed by atoms with Gasteiger partial charge in [0.25, 0.3) is 11.8 Å². The van der Waals surface area contributed by atoms with E-state index >= 15 is 0 Å². The largest absolute Gasteiger partial charge is 0.492 e. The number of nitrogens with zero attached hydrogens (tertiary/aromatic N) is 2. The third kappa shape index (κ3) is 6.09. The molecule has 0 bridgehead atoms. The lowest BCUT2D eigenvalue weighted by molar-refractivity contribution is 0.101. The fourth-order valence-corrected chi connectivity index (χ4v) is 3.63. The van der Waals surface area contributed by atoms with Gasteiger partial charge in [-0.2, -0.15) is 5.10 Å². The predicted octanol–water partition coefficient (Wildman–Crippen LogP) is 5.23.